The Morgan fingerprint density at radius 2 is 1.75 bits per heavy atom. The first-order chi connectivity index (χ1) is 13.1. The van der Waals surface area contributed by atoms with Crippen molar-refractivity contribution in [1.82, 2.24) is 4.31 Å². The molecule has 0 aliphatic rings. The van der Waals surface area contributed by atoms with Crippen LogP contribution < -0.4 is 14.8 Å². The molecule has 10 heteroatoms. The van der Waals surface area contributed by atoms with Gasteiger partial charge in [0.05, 0.1) is 6.61 Å². The van der Waals surface area contributed by atoms with Gasteiger partial charge in [0, 0.05) is 25.8 Å². The van der Waals surface area contributed by atoms with E-state index in [2.05, 4.69) is 5.32 Å². The van der Waals surface area contributed by atoms with Gasteiger partial charge in [0.15, 0.2) is 18.2 Å². The maximum absolute atomic E-state index is 13.5. The minimum atomic E-state index is -3.81. The van der Waals surface area contributed by atoms with Crippen LogP contribution in [0.2, 0.25) is 0 Å². The molecule has 0 aliphatic heterocycles. The molecule has 1 N–H and O–H groups in total. The zero-order valence-corrected chi connectivity index (χ0v) is 16.3. The second-order valence-corrected chi connectivity index (χ2v) is 7.91. The number of benzene rings is 2. The van der Waals surface area contributed by atoms with Crippen molar-refractivity contribution in [3.8, 4) is 11.5 Å². The number of hydrogen-bond acceptors (Lipinski definition) is 5. The number of halogens is 2. The summed E-state index contributed by atoms with van der Waals surface area (Å²) in [5.74, 6) is -2.48. The van der Waals surface area contributed by atoms with Crippen molar-refractivity contribution >= 4 is 21.6 Å². The van der Waals surface area contributed by atoms with Crippen LogP contribution in [0.3, 0.4) is 0 Å². The Morgan fingerprint density at radius 1 is 1.07 bits per heavy atom. The third-order valence-electron chi connectivity index (χ3n) is 3.54. The topological polar surface area (TPSA) is 84.9 Å². The van der Waals surface area contributed by atoms with E-state index in [9.17, 15) is 22.0 Å². The van der Waals surface area contributed by atoms with Gasteiger partial charge in [0.1, 0.15) is 16.5 Å². The van der Waals surface area contributed by atoms with Crippen molar-refractivity contribution in [1.29, 1.82) is 0 Å². The molecule has 7 nitrogen and oxygen atoms in total. The van der Waals surface area contributed by atoms with Gasteiger partial charge < -0.3 is 14.8 Å². The Morgan fingerprint density at radius 3 is 2.36 bits per heavy atom. The molecule has 0 saturated carbocycles. The van der Waals surface area contributed by atoms with E-state index in [0.717, 1.165) is 16.4 Å². The van der Waals surface area contributed by atoms with Crippen molar-refractivity contribution in [3.05, 3.63) is 48.0 Å². The monoisotopic (exact) mass is 414 g/mol. The lowest BCUT2D eigenvalue weighted by Gasteiger charge is -2.16. The minimum absolute atomic E-state index is 0.109. The van der Waals surface area contributed by atoms with Crippen LogP contribution in [-0.4, -0.2) is 45.9 Å². The summed E-state index contributed by atoms with van der Waals surface area (Å²) in [4.78, 5) is 11.9. The predicted molar refractivity (Wildman–Crippen MR) is 99.0 cm³/mol. The molecule has 0 aliphatic carbocycles. The largest absolute Gasteiger partial charge is 0.492 e. The number of anilines is 1. The van der Waals surface area contributed by atoms with Crippen molar-refractivity contribution in [2.75, 3.05) is 32.6 Å². The summed E-state index contributed by atoms with van der Waals surface area (Å²) in [5, 5.41) is 2.46. The van der Waals surface area contributed by atoms with Crippen molar-refractivity contribution < 1.29 is 31.5 Å². The maximum Gasteiger partial charge on any atom is 0.262 e. The molecule has 152 valence electrons. The Kier molecular flexibility index (Phi) is 6.92. The number of hydrogen-bond donors (Lipinski definition) is 1. The third-order valence-corrected chi connectivity index (χ3v) is 5.37. The lowest BCUT2D eigenvalue weighted by molar-refractivity contribution is -0.118. The van der Waals surface area contributed by atoms with Crippen LogP contribution >= 0.6 is 0 Å². The van der Waals surface area contributed by atoms with Crippen molar-refractivity contribution in [2.24, 2.45) is 0 Å². The number of nitrogens with zero attached hydrogens (tertiary/aromatic N) is 1. The van der Waals surface area contributed by atoms with Crippen LogP contribution in [0.4, 0.5) is 14.5 Å². The van der Waals surface area contributed by atoms with Crippen LogP contribution in [-0.2, 0) is 14.8 Å². The van der Waals surface area contributed by atoms with Crippen LogP contribution in [0, 0.1) is 11.6 Å². The number of carbonyl (C=O) groups excluding carboxylic acids is 1. The molecule has 0 heterocycles. The fraction of sp³-hybridized carbons (Fsp3) is 0.278. The second-order valence-electron chi connectivity index (χ2n) is 5.79. The van der Waals surface area contributed by atoms with Crippen LogP contribution in [0.15, 0.2) is 41.3 Å². The Bertz CT molecular complexity index is 964. The molecule has 0 spiro atoms. The summed E-state index contributed by atoms with van der Waals surface area (Å²) in [5.41, 5.74) is 0.192. The predicted octanol–water partition coefficient (Wildman–Crippen LogP) is 2.63. The van der Waals surface area contributed by atoms with E-state index in [0.29, 0.717) is 6.07 Å². The number of amides is 1. The quantitative estimate of drug-likeness (QED) is 0.718. The van der Waals surface area contributed by atoms with Gasteiger partial charge in [0.2, 0.25) is 10.0 Å². The fourth-order valence-corrected chi connectivity index (χ4v) is 3.24. The van der Waals surface area contributed by atoms with Gasteiger partial charge in [-0.3, -0.25) is 4.79 Å². The van der Waals surface area contributed by atoms with Crippen molar-refractivity contribution in [3.63, 3.8) is 0 Å². The molecule has 2 aromatic rings. The van der Waals surface area contributed by atoms with Crippen molar-refractivity contribution in [2.45, 2.75) is 11.8 Å². The number of carbonyl (C=O) groups is 1. The Balaban J connectivity index is 2.15. The standard InChI is InChI=1S/C18H20F2N2O5S/c1-4-26-16-8-6-13(10-17(16)28(24,25)22(2)3)21-18(23)11-27-15-7-5-12(19)9-14(15)20/h5-10H,4,11H2,1-3H3,(H,21,23). The highest BCUT2D eigenvalue weighted by molar-refractivity contribution is 7.89. The highest BCUT2D eigenvalue weighted by Gasteiger charge is 2.23. The maximum atomic E-state index is 13.5. The summed E-state index contributed by atoms with van der Waals surface area (Å²) in [6.07, 6.45) is 0. The van der Waals surface area contributed by atoms with Gasteiger partial charge in [0.25, 0.3) is 5.91 Å². The Hall–Kier alpha value is -2.72. The normalized spacial score (nSPS) is 11.4. The molecule has 0 saturated heterocycles. The summed E-state index contributed by atoms with van der Waals surface area (Å²) >= 11 is 0. The molecule has 0 atom stereocenters. The number of sulfonamides is 1. The first-order valence-corrected chi connectivity index (χ1v) is 9.66. The third kappa shape index (κ3) is 5.17. The summed E-state index contributed by atoms with van der Waals surface area (Å²) in [7, 11) is -1.06. The number of rotatable bonds is 8. The smallest absolute Gasteiger partial charge is 0.262 e. The molecule has 0 radical (unpaired) electrons. The van der Waals surface area contributed by atoms with E-state index in [1.165, 1.54) is 32.3 Å². The first-order valence-electron chi connectivity index (χ1n) is 8.22. The molecular weight excluding hydrogens is 394 g/mol. The van der Waals surface area contributed by atoms with E-state index < -0.39 is 34.2 Å². The number of nitrogens with one attached hydrogen (secondary N) is 1. The average molecular weight is 414 g/mol. The molecule has 28 heavy (non-hydrogen) atoms. The first kappa shape index (κ1) is 21.6. The van der Waals surface area contributed by atoms with Gasteiger partial charge in [-0.15, -0.1) is 0 Å². The lowest BCUT2D eigenvalue weighted by atomic mass is 10.3. The van der Waals surface area contributed by atoms with E-state index in [-0.39, 0.29) is 28.7 Å². The number of ether oxygens (including phenoxy) is 2. The molecule has 1 amide bonds. The van der Waals surface area contributed by atoms with Crippen LogP contribution in [0.1, 0.15) is 6.92 Å². The van der Waals surface area contributed by atoms with Crippen LogP contribution in [0.25, 0.3) is 0 Å². The molecular formula is C18H20F2N2O5S. The molecule has 0 unspecified atom stereocenters. The van der Waals surface area contributed by atoms with Gasteiger partial charge in [-0.1, -0.05) is 0 Å². The fourth-order valence-electron chi connectivity index (χ4n) is 2.19. The zero-order valence-electron chi connectivity index (χ0n) is 15.5. The molecule has 2 aromatic carbocycles. The van der Waals surface area contributed by atoms with Gasteiger partial charge in [-0.05, 0) is 37.3 Å². The second kappa shape index (κ2) is 8.98. The SMILES string of the molecule is CCOc1ccc(NC(=O)COc2ccc(F)cc2F)cc1S(=O)(=O)N(C)C. The molecule has 0 bridgehead atoms. The minimum Gasteiger partial charge on any atom is -0.492 e. The van der Waals surface area contributed by atoms with Gasteiger partial charge >= 0.3 is 0 Å². The summed E-state index contributed by atoms with van der Waals surface area (Å²) in [6.45, 7) is 1.43. The average Bonchev–Trinajstić information content (AvgIpc) is 2.62. The molecule has 0 fully saturated rings. The highest BCUT2D eigenvalue weighted by atomic mass is 32.2. The Labute approximate surface area is 161 Å². The zero-order chi connectivity index (χ0) is 20.9. The molecule has 2 rings (SSSR count). The summed E-state index contributed by atoms with van der Waals surface area (Å²) < 4.78 is 62.7. The van der Waals surface area contributed by atoms with Crippen LogP contribution in [0.5, 0.6) is 11.5 Å². The van der Waals surface area contributed by atoms with E-state index >= 15 is 0 Å². The summed E-state index contributed by atoms with van der Waals surface area (Å²) in [6, 6.07) is 6.86. The molecule has 0 aromatic heterocycles. The van der Waals surface area contributed by atoms with E-state index in [1.54, 1.807) is 6.92 Å². The van der Waals surface area contributed by atoms with E-state index in [1.807, 2.05) is 0 Å². The lowest BCUT2D eigenvalue weighted by Crippen LogP contribution is -2.24. The van der Waals surface area contributed by atoms with Gasteiger partial charge in [-0.25, -0.2) is 21.5 Å². The van der Waals surface area contributed by atoms with Gasteiger partial charge in [-0.2, -0.15) is 0 Å². The van der Waals surface area contributed by atoms with E-state index in [4.69, 9.17) is 9.47 Å². The highest BCUT2D eigenvalue weighted by Crippen LogP contribution is 2.29.